The Balaban J connectivity index is 2.12. The van der Waals surface area contributed by atoms with Crippen molar-refractivity contribution in [2.24, 2.45) is 0 Å². The van der Waals surface area contributed by atoms with Crippen LogP contribution < -0.4 is 10.5 Å². The maximum absolute atomic E-state index is 11.9. The number of ether oxygens (including phenoxy) is 1. The van der Waals surface area contributed by atoms with Crippen molar-refractivity contribution >= 4 is 33.3 Å². The van der Waals surface area contributed by atoms with Crippen LogP contribution in [0.15, 0.2) is 16.6 Å². The second-order valence-electron chi connectivity index (χ2n) is 4.80. The number of benzene rings is 1. The van der Waals surface area contributed by atoms with Gasteiger partial charge < -0.3 is 15.4 Å². The standard InChI is InChI=1S/C14H17BrN2O3/c1-9(18)11-6-10(15)7-12(16)14(11)20-8-13(19)17-4-2-3-5-17/h6-7H,2-5,8,16H2,1H3. The van der Waals surface area contributed by atoms with Crippen LogP contribution in [0.4, 0.5) is 5.69 Å². The Labute approximate surface area is 126 Å². The van der Waals surface area contributed by atoms with Crippen LogP contribution in [0.1, 0.15) is 30.1 Å². The summed E-state index contributed by atoms with van der Waals surface area (Å²) in [7, 11) is 0. The van der Waals surface area contributed by atoms with Gasteiger partial charge in [0.1, 0.15) is 0 Å². The lowest BCUT2D eigenvalue weighted by atomic mass is 10.1. The number of rotatable bonds is 4. The minimum atomic E-state index is -0.151. The van der Waals surface area contributed by atoms with Gasteiger partial charge in [-0.05, 0) is 31.9 Å². The van der Waals surface area contributed by atoms with E-state index in [2.05, 4.69) is 15.9 Å². The van der Waals surface area contributed by atoms with E-state index in [4.69, 9.17) is 10.5 Å². The fourth-order valence-electron chi connectivity index (χ4n) is 2.23. The van der Waals surface area contributed by atoms with Gasteiger partial charge in [0.2, 0.25) is 0 Å². The van der Waals surface area contributed by atoms with Crippen molar-refractivity contribution < 1.29 is 14.3 Å². The molecule has 0 aromatic heterocycles. The normalized spacial score (nSPS) is 14.4. The molecule has 1 aliphatic rings. The van der Waals surface area contributed by atoms with Crippen LogP contribution in [0, 0.1) is 0 Å². The maximum Gasteiger partial charge on any atom is 0.260 e. The summed E-state index contributed by atoms with van der Waals surface area (Å²) in [5, 5.41) is 0. The minimum absolute atomic E-state index is 0.0701. The van der Waals surface area contributed by atoms with E-state index in [-0.39, 0.29) is 24.0 Å². The summed E-state index contributed by atoms with van der Waals surface area (Å²) < 4.78 is 6.21. The molecule has 0 saturated carbocycles. The van der Waals surface area contributed by atoms with E-state index in [0.717, 1.165) is 25.9 Å². The van der Waals surface area contributed by atoms with Gasteiger partial charge in [-0.15, -0.1) is 0 Å². The van der Waals surface area contributed by atoms with Crippen molar-refractivity contribution in [3.05, 3.63) is 22.2 Å². The predicted molar refractivity (Wildman–Crippen MR) is 79.9 cm³/mol. The second kappa shape index (κ2) is 6.26. The average Bonchev–Trinajstić information content (AvgIpc) is 2.90. The predicted octanol–water partition coefficient (Wildman–Crippen LogP) is 2.24. The number of hydrogen-bond donors (Lipinski definition) is 1. The number of halogens is 1. The molecule has 1 saturated heterocycles. The highest BCUT2D eigenvalue weighted by Crippen LogP contribution is 2.31. The van der Waals surface area contributed by atoms with Crippen molar-refractivity contribution in [2.75, 3.05) is 25.4 Å². The number of amides is 1. The first-order valence-electron chi connectivity index (χ1n) is 6.49. The molecule has 0 spiro atoms. The molecule has 0 radical (unpaired) electrons. The zero-order valence-electron chi connectivity index (χ0n) is 11.3. The molecule has 1 heterocycles. The first-order valence-corrected chi connectivity index (χ1v) is 7.29. The Hall–Kier alpha value is -1.56. The van der Waals surface area contributed by atoms with Crippen LogP contribution >= 0.6 is 15.9 Å². The van der Waals surface area contributed by atoms with Crippen LogP contribution in [0.25, 0.3) is 0 Å². The smallest absolute Gasteiger partial charge is 0.260 e. The molecule has 1 aromatic carbocycles. The highest BCUT2D eigenvalue weighted by molar-refractivity contribution is 9.10. The molecule has 1 aromatic rings. The number of anilines is 1. The van der Waals surface area contributed by atoms with Crippen molar-refractivity contribution in [1.29, 1.82) is 0 Å². The Kier molecular flexibility index (Phi) is 4.65. The summed E-state index contributed by atoms with van der Waals surface area (Å²) in [6, 6.07) is 3.30. The van der Waals surface area contributed by atoms with E-state index in [9.17, 15) is 9.59 Å². The Morgan fingerprint density at radius 2 is 2.00 bits per heavy atom. The number of ketones is 1. The van der Waals surface area contributed by atoms with E-state index < -0.39 is 0 Å². The molecule has 5 nitrogen and oxygen atoms in total. The monoisotopic (exact) mass is 340 g/mol. The zero-order valence-corrected chi connectivity index (χ0v) is 12.9. The van der Waals surface area contributed by atoms with E-state index >= 15 is 0 Å². The molecule has 0 unspecified atom stereocenters. The number of nitrogens with two attached hydrogens (primary N) is 1. The largest absolute Gasteiger partial charge is 0.481 e. The third-order valence-electron chi connectivity index (χ3n) is 3.26. The van der Waals surface area contributed by atoms with Crippen LogP contribution in [-0.4, -0.2) is 36.3 Å². The number of likely N-dealkylation sites (tertiary alicyclic amines) is 1. The van der Waals surface area contributed by atoms with Crippen molar-refractivity contribution in [3.63, 3.8) is 0 Å². The highest BCUT2D eigenvalue weighted by atomic mass is 79.9. The minimum Gasteiger partial charge on any atom is -0.481 e. The summed E-state index contributed by atoms with van der Waals surface area (Å²) >= 11 is 3.29. The van der Waals surface area contributed by atoms with Gasteiger partial charge in [0.05, 0.1) is 11.3 Å². The molecule has 1 fully saturated rings. The number of Topliss-reactive ketones (excluding diaryl/α,β-unsaturated/α-hetero) is 1. The van der Waals surface area contributed by atoms with E-state index in [1.165, 1.54) is 6.92 Å². The van der Waals surface area contributed by atoms with Crippen molar-refractivity contribution in [3.8, 4) is 5.75 Å². The topological polar surface area (TPSA) is 72.6 Å². The van der Waals surface area contributed by atoms with Gasteiger partial charge in [-0.3, -0.25) is 9.59 Å². The third kappa shape index (κ3) is 3.30. The third-order valence-corrected chi connectivity index (χ3v) is 3.72. The molecule has 1 aliphatic heterocycles. The molecule has 6 heteroatoms. The van der Waals surface area contributed by atoms with Crippen LogP contribution in [0.5, 0.6) is 5.75 Å². The van der Waals surface area contributed by atoms with Gasteiger partial charge in [0, 0.05) is 17.6 Å². The number of carbonyl (C=O) groups excluding carboxylic acids is 2. The van der Waals surface area contributed by atoms with Crippen LogP contribution in [-0.2, 0) is 4.79 Å². The Bertz CT molecular complexity index is 539. The molecule has 0 atom stereocenters. The zero-order chi connectivity index (χ0) is 14.7. The summed E-state index contributed by atoms with van der Waals surface area (Å²) in [6.45, 7) is 2.90. The molecule has 0 aliphatic carbocycles. The lowest BCUT2D eigenvalue weighted by molar-refractivity contribution is -0.132. The maximum atomic E-state index is 11.9. The van der Waals surface area contributed by atoms with Crippen LogP contribution in [0.2, 0.25) is 0 Å². The quantitative estimate of drug-likeness (QED) is 0.673. The molecular weight excluding hydrogens is 324 g/mol. The highest BCUT2D eigenvalue weighted by Gasteiger charge is 2.20. The molecular formula is C14H17BrN2O3. The van der Waals surface area contributed by atoms with Gasteiger partial charge in [-0.1, -0.05) is 15.9 Å². The fourth-order valence-corrected chi connectivity index (χ4v) is 2.70. The summed E-state index contributed by atoms with van der Waals surface area (Å²) in [5.74, 6) is 0.0641. The molecule has 2 rings (SSSR count). The van der Waals surface area contributed by atoms with Gasteiger partial charge in [0.25, 0.3) is 5.91 Å². The fraction of sp³-hybridized carbons (Fsp3) is 0.429. The first kappa shape index (κ1) is 14.8. The van der Waals surface area contributed by atoms with E-state index in [1.54, 1.807) is 17.0 Å². The lowest BCUT2D eigenvalue weighted by Gasteiger charge is -2.17. The van der Waals surface area contributed by atoms with Gasteiger partial charge in [-0.25, -0.2) is 0 Å². The second-order valence-corrected chi connectivity index (χ2v) is 5.72. The summed E-state index contributed by atoms with van der Waals surface area (Å²) in [6.07, 6.45) is 2.07. The van der Waals surface area contributed by atoms with Crippen LogP contribution in [0.3, 0.4) is 0 Å². The number of nitrogen functional groups attached to an aromatic ring is 1. The number of nitrogens with zero attached hydrogens (tertiary/aromatic N) is 1. The summed E-state index contributed by atoms with van der Waals surface area (Å²) in [5.41, 5.74) is 6.59. The van der Waals surface area contributed by atoms with Crippen molar-refractivity contribution in [1.82, 2.24) is 4.90 Å². The molecule has 1 amide bonds. The number of carbonyl (C=O) groups is 2. The van der Waals surface area contributed by atoms with E-state index in [0.29, 0.717) is 15.7 Å². The molecule has 0 bridgehead atoms. The number of hydrogen-bond acceptors (Lipinski definition) is 4. The van der Waals surface area contributed by atoms with Gasteiger partial charge >= 0.3 is 0 Å². The molecule has 2 N–H and O–H groups in total. The summed E-state index contributed by atoms with van der Waals surface area (Å²) in [4.78, 5) is 25.3. The Morgan fingerprint density at radius 3 is 2.60 bits per heavy atom. The SMILES string of the molecule is CC(=O)c1cc(Br)cc(N)c1OCC(=O)N1CCCC1. The van der Waals surface area contributed by atoms with Gasteiger partial charge in [0.15, 0.2) is 18.1 Å². The molecule has 108 valence electrons. The van der Waals surface area contributed by atoms with Gasteiger partial charge in [-0.2, -0.15) is 0 Å². The molecule has 20 heavy (non-hydrogen) atoms. The van der Waals surface area contributed by atoms with E-state index in [1.807, 2.05) is 0 Å². The Morgan fingerprint density at radius 1 is 1.35 bits per heavy atom. The average molecular weight is 341 g/mol. The first-order chi connectivity index (χ1) is 9.49. The lowest BCUT2D eigenvalue weighted by Crippen LogP contribution is -2.32. The van der Waals surface area contributed by atoms with Crippen molar-refractivity contribution in [2.45, 2.75) is 19.8 Å².